The summed E-state index contributed by atoms with van der Waals surface area (Å²) in [5.74, 6) is 0. The second kappa shape index (κ2) is 24.4. The third-order valence-electron chi connectivity index (χ3n) is 9.39. The Morgan fingerprint density at radius 2 is 1.21 bits per heavy atom. The molecule has 0 aromatic heterocycles. The number of ether oxygens (including phenoxy) is 3. The molecular weight excluding hydrogens is 1120 g/mol. The van der Waals surface area contributed by atoms with Gasteiger partial charge < -0.3 is 24.4 Å². The molecule has 8 nitrogen and oxygen atoms in total. The Morgan fingerprint density at radius 3 is 1.62 bits per heavy atom. The number of hydrogen-bond donors (Lipinski definition) is 1. The Hall–Kier alpha value is -0.916. The summed E-state index contributed by atoms with van der Waals surface area (Å²) in [5.41, 5.74) is 1.24. The van der Waals surface area contributed by atoms with E-state index in [1.54, 1.807) is 31.3 Å². The fourth-order valence-electron chi connectivity index (χ4n) is 6.60. The number of nitrogens with one attached hydrogen (secondary N) is 1. The van der Waals surface area contributed by atoms with E-state index >= 15 is 0 Å². The maximum absolute atomic E-state index is 12.9. The number of hydrogen-bond acceptors (Lipinski definition) is 7. The standard InChI is InChI=1S/C23H27F3N2O3.C15H21F3N2O.3HI.V/c1-17-14-27(22(29)31-15-18-6-4-3-5-7-18)12-13-28(17)21(16-30-2)19-8-10-20(11-9-19)23(24,25)26;1-11-9-19-7-8-20(11)14(10-21-2)12-3-5-13(6-4-12)15(16,17)18;;;;/h3-11,17,21H,12-16H2,1-2H3;3-6,11,14,19H,7-10H2,1-2H3;3*1H;/q;;;;;+3/p-3/t17-,21-;11-,14-;;;;/m00..../s1. The molecule has 18 heteroatoms. The van der Waals surface area contributed by atoms with Crippen molar-refractivity contribution in [3.63, 3.8) is 0 Å². The Bertz CT molecular complexity index is 1580. The van der Waals surface area contributed by atoms with E-state index in [2.05, 4.69) is 82.0 Å². The molecule has 4 atom stereocenters. The van der Waals surface area contributed by atoms with Crippen LogP contribution in [0.15, 0.2) is 78.9 Å². The molecule has 312 valence electrons. The van der Waals surface area contributed by atoms with E-state index in [4.69, 9.17) is 14.2 Å². The van der Waals surface area contributed by atoms with Crippen molar-refractivity contribution >= 4 is 66.0 Å². The van der Waals surface area contributed by atoms with Crippen LogP contribution in [0, 0.1) is 0 Å². The van der Waals surface area contributed by atoms with Crippen molar-refractivity contribution < 1.29 is 50.3 Å². The van der Waals surface area contributed by atoms with Crippen molar-refractivity contribution in [3.8, 4) is 0 Å². The van der Waals surface area contributed by atoms with E-state index in [1.165, 1.54) is 12.1 Å². The van der Waals surface area contributed by atoms with E-state index < -0.39 is 23.5 Å². The van der Waals surface area contributed by atoms with Gasteiger partial charge in [0.25, 0.3) is 0 Å². The number of alkyl halides is 6. The summed E-state index contributed by atoms with van der Waals surface area (Å²) in [4.78, 5) is 18.3. The summed E-state index contributed by atoms with van der Waals surface area (Å²) in [6.45, 7) is 9.24. The number of nitrogens with zero attached hydrogens (tertiary/aromatic N) is 3. The van der Waals surface area contributed by atoms with Crippen LogP contribution in [0.5, 0.6) is 0 Å². The van der Waals surface area contributed by atoms with Gasteiger partial charge in [0, 0.05) is 65.6 Å². The molecule has 2 saturated heterocycles. The van der Waals surface area contributed by atoms with Crippen molar-refractivity contribution in [3.05, 3.63) is 107 Å². The Labute approximate surface area is 363 Å². The van der Waals surface area contributed by atoms with Gasteiger partial charge in [-0.05, 0) is 54.8 Å². The zero-order chi connectivity index (χ0) is 41.5. The van der Waals surface area contributed by atoms with E-state index in [9.17, 15) is 31.1 Å². The Kier molecular flexibility index (Phi) is 21.5. The second-order valence-electron chi connectivity index (χ2n) is 13.2. The van der Waals surface area contributed by atoms with E-state index in [0.717, 1.165) is 60.6 Å². The zero-order valence-corrected chi connectivity index (χ0v) is 39.4. The van der Waals surface area contributed by atoms with Crippen LogP contribution in [0.2, 0.25) is 0 Å². The minimum absolute atomic E-state index is 0.0135. The normalized spacial score (nSPS) is 19.3. The molecule has 2 aliphatic heterocycles. The van der Waals surface area contributed by atoms with E-state index in [-0.39, 0.29) is 35.7 Å². The van der Waals surface area contributed by atoms with E-state index in [0.29, 0.717) is 38.9 Å². The third kappa shape index (κ3) is 16.3. The Morgan fingerprint density at radius 1 is 0.750 bits per heavy atom. The fraction of sp³-hybridized carbons (Fsp3) is 0.500. The molecule has 1 amide bonds. The van der Waals surface area contributed by atoms with Crippen LogP contribution in [0.1, 0.15) is 53.7 Å². The minimum atomic E-state index is -4.37. The summed E-state index contributed by atoms with van der Waals surface area (Å²) in [6, 6.07) is 20.2. The molecule has 5 rings (SSSR count). The topological polar surface area (TPSA) is 66.5 Å². The molecule has 0 spiro atoms. The number of piperazine rings is 2. The first-order valence-corrected chi connectivity index (χ1v) is 31.3. The van der Waals surface area contributed by atoms with Gasteiger partial charge in [-0.25, -0.2) is 4.79 Å². The van der Waals surface area contributed by atoms with Gasteiger partial charge in [0.15, 0.2) is 0 Å². The van der Waals surface area contributed by atoms with Gasteiger partial charge in [0.2, 0.25) is 0 Å². The summed E-state index contributed by atoms with van der Waals surface area (Å²) in [6.07, 6.45) is -9.03. The van der Waals surface area contributed by atoms with Gasteiger partial charge in [-0.2, -0.15) is 26.3 Å². The van der Waals surface area contributed by atoms with Crippen LogP contribution in [-0.2, 0) is 38.1 Å². The summed E-state index contributed by atoms with van der Waals surface area (Å²) in [7, 11) is 3.18. The van der Waals surface area contributed by atoms with Gasteiger partial charge in [0.05, 0.1) is 36.4 Å². The molecule has 3 aromatic carbocycles. The first-order chi connectivity index (χ1) is 26.5. The average Bonchev–Trinajstić information content (AvgIpc) is 3.15. The molecule has 1 N–H and O–H groups in total. The second-order valence-corrected chi connectivity index (χ2v) is 48.6. The molecule has 0 radical (unpaired) electrons. The molecule has 0 bridgehead atoms. The average molecular weight is 1170 g/mol. The number of carbonyl (C=O) groups excluding carboxylic acids is 1. The van der Waals surface area contributed by atoms with Crippen molar-refractivity contribution in [2.75, 3.05) is 66.7 Å². The fourth-order valence-corrected chi connectivity index (χ4v) is 6.60. The number of methoxy groups -OCH3 is 2. The molecule has 0 aliphatic carbocycles. The number of benzene rings is 3. The van der Waals surface area contributed by atoms with Crippen LogP contribution < -0.4 is 5.32 Å². The van der Waals surface area contributed by atoms with Crippen molar-refractivity contribution in [1.29, 1.82) is 0 Å². The van der Waals surface area contributed by atoms with Crippen LogP contribution in [0.4, 0.5) is 31.1 Å². The monoisotopic (exact) mass is 1170 g/mol. The van der Waals surface area contributed by atoms with Crippen molar-refractivity contribution in [2.45, 2.75) is 57.0 Å². The van der Waals surface area contributed by atoms with Crippen molar-refractivity contribution in [2.24, 2.45) is 0 Å². The number of carbonyl (C=O) groups is 1. The maximum atomic E-state index is 12.9. The predicted molar refractivity (Wildman–Crippen MR) is 228 cm³/mol. The summed E-state index contributed by atoms with van der Waals surface area (Å²) < 4.78 is 92.6. The zero-order valence-electron chi connectivity index (χ0n) is 31.5. The van der Waals surface area contributed by atoms with Crippen LogP contribution in [0.3, 0.4) is 0 Å². The van der Waals surface area contributed by atoms with Crippen LogP contribution in [0.25, 0.3) is 0 Å². The third-order valence-corrected chi connectivity index (χ3v) is 9.39. The van der Waals surface area contributed by atoms with E-state index in [1.807, 2.05) is 37.3 Å². The molecule has 2 aliphatic rings. The summed E-state index contributed by atoms with van der Waals surface area (Å²) >= 11 is 7.39. The molecule has 0 saturated carbocycles. The van der Waals surface area contributed by atoms with Crippen molar-refractivity contribution in [1.82, 2.24) is 20.0 Å². The van der Waals surface area contributed by atoms with Gasteiger partial charge in [-0.1, -0.05) is 54.6 Å². The Balaban J connectivity index is 0.000000291. The van der Waals surface area contributed by atoms with Gasteiger partial charge >= 0.3 is 83.3 Å². The van der Waals surface area contributed by atoms with Crippen LogP contribution in [-0.4, -0.2) is 99.6 Å². The number of amides is 1. The first kappa shape index (κ1) is 49.4. The predicted octanol–water partition coefficient (Wildman–Crippen LogP) is 10.1. The SMILES string of the molecule is COC[C@@H](c1ccc(C(F)(F)F)cc1)N1CCN(C(=O)OCc2ccccc2)C[C@@H]1C.COC[C@@H](c1ccc(C(F)(F)F)cc1)N1CCNC[C@@H]1C.[I][V]([I])[I]. The summed E-state index contributed by atoms with van der Waals surface area (Å²) in [5, 5.41) is 3.31. The molecule has 0 unspecified atom stereocenters. The van der Waals surface area contributed by atoms with Gasteiger partial charge in [0.1, 0.15) is 6.61 Å². The van der Waals surface area contributed by atoms with Crippen LogP contribution >= 0.6 is 59.9 Å². The number of halogens is 9. The molecular formula is C38H48F6I3N4O4V. The molecule has 56 heavy (non-hydrogen) atoms. The quantitative estimate of drug-likeness (QED) is 0.160. The number of rotatable bonds is 10. The molecule has 3 aromatic rings. The van der Waals surface area contributed by atoms with Gasteiger partial charge in [-0.3, -0.25) is 9.80 Å². The molecule has 2 fully saturated rings. The van der Waals surface area contributed by atoms with Gasteiger partial charge in [-0.15, -0.1) is 0 Å². The first-order valence-electron chi connectivity index (χ1n) is 17.7. The molecule has 2 heterocycles.